The number of allylic oxidation sites excluding steroid dienone is 1. The third-order valence-corrected chi connectivity index (χ3v) is 5.06. The zero-order valence-corrected chi connectivity index (χ0v) is 18.3. The molecule has 2 rings (SSSR count). The van der Waals surface area contributed by atoms with Gasteiger partial charge in [0.25, 0.3) is 0 Å². The molecule has 0 fully saturated rings. The van der Waals surface area contributed by atoms with Crippen molar-refractivity contribution in [2.45, 2.75) is 46.0 Å². The number of ketones is 1. The minimum atomic E-state index is -0.828. The minimum absolute atomic E-state index is 0.171. The van der Waals surface area contributed by atoms with Crippen LogP contribution in [0.1, 0.15) is 59.9 Å². The highest BCUT2D eigenvalue weighted by Crippen LogP contribution is 2.26. The lowest BCUT2D eigenvalue weighted by Gasteiger charge is -2.13. The van der Waals surface area contributed by atoms with Gasteiger partial charge in [-0.1, -0.05) is 49.8 Å². The van der Waals surface area contributed by atoms with Crippen LogP contribution in [-0.4, -0.2) is 24.1 Å². The fourth-order valence-electron chi connectivity index (χ4n) is 3.14. The quantitative estimate of drug-likeness (QED) is 0.572. The molecule has 0 saturated carbocycles. The Labute approximate surface area is 181 Å². The molecule has 2 atom stereocenters. The van der Waals surface area contributed by atoms with Crippen LogP contribution in [0.3, 0.4) is 0 Å². The fraction of sp³-hybridized carbons (Fsp3) is 0.375. The number of nitrogens with one attached hydrogen (secondary N) is 1. The summed E-state index contributed by atoms with van der Waals surface area (Å²) in [5.41, 5.74) is 0.972. The van der Waals surface area contributed by atoms with Crippen LogP contribution in [0.15, 0.2) is 51.8 Å². The van der Waals surface area contributed by atoms with Crippen LogP contribution in [0.5, 0.6) is 5.75 Å². The molecule has 1 amide bonds. The predicted molar refractivity (Wildman–Crippen MR) is 117 cm³/mol. The summed E-state index contributed by atoms with van der Waals surface area (Å²) in [5, 5.41) is 12.8. The summed E-state index contributed by atoms with van der Waals surface area (Å²) in [6.07, 6.45) is 4.33. The summed E-state index contributed by atoms with van der Waals surface area (Å²) >= 11 is 0. The molecule has 31 heavy (non-hydrogen) atoms. The van der Waals surface area contributed by atoms with Gasteiger partial charge in [-0.2, -0.15) is 0 Å². The van der Waals surface area contributed by atoms with Crippen molar-refractivity contribution >= 4 is 11.9 Å². The molecule has 166 valence electrons. The lowest BCUT2D eigenvalue weighted by molar-refractivity contribution is 0.0921. The molecule has 2 unspecified atom stereocenters. The first kappa shape index (κ1) is 23.9. The summed E-state index contributed by atoms with van der Waals surface area (Å²) in [6, 6.07) is 9.17. The van der Waals surface area contributed by atoms with E-state index in [0.29, 0.717) is 25.0 Å². The number of rotatable bonds is 9. The summed E-state index contributed by atoms with van der Waals surface area (Å²) < 4.78 is 9.80. The molecule has 0 radical (unpaired) electrons. The molecular weight excluding hydrogens is 398 g/mol. The average Bonchev–Trinajstić information content (AvgIpc) is 2.73. The van der Waals surface area contributed by atoms with Crippen molar-refractivity contribution < 1.29 is 23.8 Å². The highest BCUT2D eigenvalue weighted by molar-refractivity contribution is 5.99. The molecule has 0 aliphatic carbocycles. The number of benzene rings is 1. The minimum Gasteiger partial charge on any atom is -0.507 e. The second-order valence-electron chi connectivity index (χ2n) is 7.67. The van der Waals surface area contributed by atoms with Crippen molar-refractivity contribution in [2.75, 3.05) is 7.11 Å². The largest absolute Gasteiger partial charge is 0.507 e. The number of Topliss-reactive ketones (excluding diaryl/α,β-unsaturated/α-hetero) is 1. The van der Waals surface area contributed by atoms with E-state index in [2.05, 4.69) is 10.1 Å². The number of amides is 1. The number of aryl methyl sites for hydroxylation is 1. The number of ether oxygens (including phenoxy) is 1. The Hall–Kier alpha value is -3.35. The van der Waals surface area contributed by atoms with Crippen LogP contribution in [0, 0.1) is 12.8 Å². The van der Waals surface area contributed by atoms with Crippen LogP contribution in [0.2, 0.25) is 0 Å². The summed E-state index contributed by atoms with van der Waals surface area (Å²) in [5.74, 6) is -1.15. The third-order valence-electron chi connectivity index (χ3n) is 5.06. The van der Waals surface area contributed by atoms with Crippen molar-refractivity contribution in [3.63, 3.8) is 0 Å². The molecule has 0 bridgehead atoms. The molecular formula is C24H29NO6. The first-order chi connectivity index (χ1) is 14.7. The summed E-state index contributed by atoms with van der Waals surface area (Å²) in [6.45, 7) is 5.56. The Balaban J connectivity index is 2.05. The average molecular weight is 427 g/mol. The van der Waals surface area contributed by atoms with Gasteiger partial charge in [0, 0.05) is 24.1 Å². The summed E-state index contributed by atoms with van der Waals surface area (Å²) in [4.78, 5) is 36.2. The fourth-order valence-corrected chi connectivity index (χ4v) is 3.14. The molecule has 2 N–H and O–H groups in total. The SMILES string of the molecule is COC(=O)N/C=C/CCC(C)c1cc(O)c(C(=O)C(C)Cc2ccc(C)cc2)c(=O)o1. The first-order valence-corrected chi connectivity index (χ1v) is 10.2. The number of alkyl carbamates (subject to hydrolysis) is 1. The third kappa shape index (κ3) is 6.84. The topological polar surface area (TPSA) is 106 Å². The van der Waals surface area contributed by atoms with E-state index < -0.39 is 23.4 Å². The monoisotopic (exact) mass is 427 g/mol. The van der Waals surface area contributed by atoms with E-state index in [4.69, 9.17) is 4.42 Å². The lowest BCUT2D eigenvalue weighted by Crippen LogP contribution is -2.22. The van der Waals surface area contributed by atoms with Gasteiger partial charge in [0.1, 0.15) is 17.1 Å². The van der Waals surface area contributed by atoms with Gasteiger partial charge in [-0.3, -0.25) is 10.1 Å². The van der Waals surface area contributed by atoms with Crippen molar-refractivity contribution in [3.05, 3.63) is 75.5 Å². The van der Waals surface area contributed by atoms with Gasteiger partial charge in [-0.25, -0.2) is 9.59 Å². The number of methoxy groups -OCH3 is 1. The molecule has 1 aromatic carbocycles. The van der Waals surface area contributed by atoms with E-state index in [1.165, 1.54) is 19.4 Å². The smallest absolute Gasteiger partial charge is 0.410 e. The molecule has 1 heterocycles. The van der Waals surface area contributed by atoms with Crippen molar-refractivity contribution in [3.8, 4) is 5.75 Å². The lowest BCUT2D eigenvalue weighted by atomic mass is 9.92. The zero-order valence-electron chi connectivity index (χ0n) is 18.3. The Morgan fingerprint density at radius 2 is 1.90 bits per heavy atom. The molecule has 0 spiro atoms. The number of carbonyl (C=O) groups is 2. The van der Waals surface area contributed by atoms with Crippen LogP contribution < -0.4 is 10.9 Å². The Morgan fingerprint density at radius 3 is 2.52 bits per heavy atom. The van der Waals surface area contributed by atoms with Crippen LogP contribution in [0.4, 0.5) is 4.79 Å². The number of hydrogen-bond donors (Lipinski definition) is 2. The van der Waals surface area contributed by atoms with Crippen LogP contribution in [0.25, 0.3) is 0 Å². The maximum Gasteiger partial charge on any atom is 0.410 e. The van der Waals surface area contributed by atoms with Gasteiger partial charge >= 0.3 is 11.7 Å². The first-order valence-electron chi connectivity index (χ1n) is 10.2. The Bertz CT molecular complexity index is 990. The molecule has 1 aromatic heterocycles. The van der Waals surface area contributed by atoms with E-state index >= 15 is 0 Å². The van der Waals surface area contributed by atoms with E-state index in [0.717, 1.165) is 11.1 Å². The van der Waals surface area contributed by atoms with Gasteiger partial charge in [0.2, 0.25) is 0 Å². The zero-order chi connectivity index (χ0) is 23.0. The van der Waals surface area contributed by atoms with Crippen molar-refractivity contribution in [1.82, 2.24) is 5.32 Å². The molecule has 7 nitrogen and oxygen atoms in total. The standard InChI is InChI=1S/C24H29NO6/c1-15-8-10-18(11-9-15)13-17(3)22(27)21-19(26)14-20(31-23(21)28)16(2)7-5-6-12-25-24(29)30-4/h6,8-12,14,16-17,26H,5,7,13H2,1-4H3,(H,25,29)/b12-6+. The highest BCUT2D eigenvalue weighted by atomic mass is 16.5. The van der Waals surface area contributed by atoms with E-state index in [1.54, 1.807) is 13.0 Å². The molecule has 0 saturated heterocycles. The molecule has 0 aliphatic heterocycles. The normalized spacial score (nSPS) is 13.0. The molecule has 7 heteroatoms. The Kier molecular flexibility index (Phi) is 8.61. The van der Waals surface area contributed by atoms with E-state index in [9.17, 15) is 19.5 Å². The maximum atomic E-state index is 12.8. The maximum absolute atomic E-state index is 12.8. The van der Waals surface area contributed by atoms with Gasteiger partial charge in [-0.15, -0.1) is 0 Å². The second-order valence-corrected chi connectivity index (χ2v) is 7.67. The molecule has 0 aliphatic rings. The van der Waals surface area contributed by atoms with Crippen LogP contribution >= 0.6 is 0 Å². The highest BCUT2D eigenvalue weighted by Gasteiger charge is 2.25. The van der Waals surface area contributed by atoms with Crippen molar-refractivity contribution in [1.29, 1.82) is 0 Å². The predicted octanol–water partition coefficient (Wildman–Crippen LogP) is 4.47. The van der Waals surface area contributed by atoms with Crippen molar-refractivity contribution in [2.24, 2.45) is 5.92 Å². The second kappa shape index (κ2) is 11.2. The van der Waals surface area contributed by atoms with Gasteiger partial charge in [0.05, 0.1) is 7.11 Å². The van der Waals surface area contributed by atoms with Crippen LogP contribution in [-0.2, 0) is 11.2 Å². The molecule has 2 aromatic rings. The van der Waals surface area contributed by atoms with Gasteiger partial charge in [-0.05, 0) is 31.7 Å². The van der Waals surface area contributed by atoms with Gasteiger partial charge in [0.15, 0.2) is 5.78 Å². The van der Waals surface area contributed by atoms with E-state index in [1.807, 2.05) is 38.1 Å². The van der Waals surface area contributed by atoms with E-state index in [-0.39, 0.29) is 17.2 Å². The number of carbonyl (C=O) groups excluding carboxylic acids is 2. The number of hydrogen-bond acceptors (Lipinski definition) is 6. The summed E-state index contributed by atoms with van der Waals surface area (Å²) in [7, 11) is 1.28. The Morgan fingerprint density at radius 1 is 1.23 bits per heavy atom. The van der Waals surface area contributed by atoms with Gasteiger partial charge < -0.3 is 14.3 Å². The number of aromatic hydroxyl groups is 1.